The van der Waals surface area contributed by atoms with Crippen molar-refractivity contribution in [1.29, 1.82) is 0 Å². The van der Waals surface area contributed by atoms with E-state index in [-0.39, 0.29) is 11.5 Å². The third kappa shape index (κ3) is 5.10. The van der Waals surface area contributed by atoms with Gasteiger partial charge in [0.25, 0.3) is 0 Å². The van der Waals surface area contributed by atoms with Gasteiger partial charge in [-0.05, 0) is 38.2 Å². The number of anilines is 1. The third-order valence-corrected chi connectivity index (χ3v) is 3.49. The molecule has 0 fully saturated rings. The molecule has 2 rings (SSSR count). The fraction of sp³-hybridized carbons (Fsp3) is 0.412. The van der Waals surface area contributed by atoms with Crippen molar-refractivity contribution in [1.82, 2.24) is 10.2 Å². The second-order valence-corrected chi connectivity index (χ2v) is 5.76. The molecule has 0 aliphatic heterocycles. The highest BCUT2D eigenvalue weighted by molar-refractivity contribution is 5.83. The van der Waals surface area contributed by atoms with Gasteiger partial charge in [-0.2, -0.15) is 0 Å². The Balaban J connectivity index is 2.18. The lowest BCUT2D eigenvalue weighted by Gasteiger charge is -2.12. The Morgan fingerprint density at radius 2 is 2.00 bits per heavy atom. The minimum absolute atomic E-state index is 0.0790. The molecule has 6 heteroatoms. The van der Waals surface area contributed by atoms with Gasteiger partial charge in [-0.25, -0.2) is 4.79 Å². The fourth-order valence-corrected chi connectivity index (χ4v) is 2.34. The average Bonchev–Trinajstić information content (AvgIpc) is 2.45. The maximum atomic E-state index is 11.7. The van der Waals surface area contributed by atoms with Gasteiger partial charge in [0.05, 0.1) is 0 Å². The molecule has 0 aliphatic carbocycles. The van der Waals surface area contributed by atoms with Crippen LogP contribution in [0.25, 0.3) is 11.0 Å². The Morgan fingerprint density at radius 1 is 1.22 bits per heavy atom. The van der Waals surface area contributed by atoms with Crippen molar-refractivity contribution in [2.24, 2.45) is 0 Å². The number of carbonyl (C=O) groups is 1. The second kappa shape index (κ2) is 7.78. The van der Waals surface area contributed by atoms with Crippen LogP contribution in [0.4, 0.5) is 5.69 Å². The van der Waals surface area contributed by atoms with Crippen LogP contribution in [0, 0.1) is 0 Å². The van der Waals surface area contributed by atoms with Crippen LogP contribution in [0.15, 0.2) is 33.5 Å². The number of nitrogens with one attached hydrogen (secondary N) is 2. The molecule has 2 aromatic rings. The van der Waals surface area contributed by atoms with Gasteiger partial charge in [0, 0.05) is 49.8 Å². The minimum Gasteiger partial charge on any atom is -0.423 e. The van der Waals surface area contributed by atoms with Crippen molar-refractivity contribution < 1.29 is 9.21 Å². The SMILES string of the molecule is CC(=O)NCCc1cc(=O)oc2cc(NCCN(C)C)ccc12. The van der Waals surface area contributed by atoms with Gasteiger partial charge in [-0.1, -0.05) is 0 Å². The normalized spacial score (nSPS) is 11.0. The maximum Gasteiger partial charge on any atom is 0.336 e. The predicted molar refractivity (Wildman–Crippen MR) is 91.9 cm³/mol. The van der Waals surface area contributed by atoms with Gasteiger partial charge < -0.3 is 20.0 Å². The molecule has 6 nitrogen and oxygen atoms in total. The molecule has 1 aromatic carbocycles. The van der Waals surface area contributed by atoms with Crippen molar-refractivity contribution in [3.05, 3.63) is 40.2 Å². The zero-order valence-corrected chi connectivity index (χ0v) is 13.8. The number of benzene rings is 1. The smallest absolute Gasteiger partial charge is 0.336 e. The summed E-state index contributed by atoms with van der Waals surface area (Å²) in [6.07, 6.45) is 0.592. The number of amides is 1. The Morgan fingerprint density at radius 3 is 2.70 bits per heavy atom. The molecule has 0 spiro atoms. The highest BCUT2D eigenvalue weighted by atomic mass is 16.4. The summed E-state index contributed by atoms with van der Waals surface area (Å²) < 4.78 is 5.30. The van der Waals surface area contributed by atoms with Crippen LogP contribution in [0.5, 0.6) is 0 Å². The molecular formula is C17H23N3O3. The van der Waals surface area contributed by atoms with E-state index in [4.69, 9.17) is 4.42 Å². The molecule has 0 atom stereocenters. The molecule has 0 aliphatic rings. The zero-order valence-electron chi connectivity index (χ0n) is 13.8. The Bertz CT molecular complexity index is 737. The molecule has 23 heavy (non-hydrogen) atoms. The Hall–Kier alpha value is -2.34. The largest absolute Gasteiger partial charge is 0.423 e. The van der Waals surface area contributed by atoms with Crippen LogP contribution in [0.3, 0.4) is 0 Å². The lowest BCUT2D eigenvalue weighted by molar-refractivity contribution is -0.118. The van der Waals surface area contributed by atoms with Crippen molar-refractivity contribution in [2.75, 3.05) is 39.0 Å². The fourth-order valence-electron chi connectivity index (χ4n) is 2.34. The van der Waals surface area contributed by atoms with Crippen molar-refractivity contribution in [3.8, 4) is 0 Å². The summed E-state index contributed by atoms with van der Waals surface area (Å²) in [4.78, 5) is 24.8. The monoisotopic (exact) mass is 317 g/mol. The van der Waals surface area contributed by atoms with Crippen molar-refractivity contribution >= 4 is 22.6 Å². The van der Waals surface area contributed by atoms with Crippen LogP contribution in [-0.2, 0) is 11.2 Å². The van der Waals surface area contributed by atoms with E-state index in [1.54, 1.807) is 0 Å². The summed E-state index contributed by atoms with van der Waals surface area (Å²) in [6.45, 7) is 3.70. The van der Waals surface area contributed by atoms with E-state index in [9.17, 15) is 9.59 Å². The standard InChI is InChI=1S/C17H23N3O3/c1-12(21)18-7-6-13-10-17(22)23-16-11-14(4-5-15(13)16)19-8-9-20(2)3/h4-5,10-11,19H,6-9H2,1-3H3,(H,18,21). The number of likely N-dealkylation sites (N-methyl/N-ethyl adjacent to an activating group) is 1. The highest BCUT2D eigenvalue weighted by Crippen LogP contribution is 2.21. The molecule has 2 N–H and O–H groups in total. The predicted octanol–water partition coefficient (Wildman–Crippen LogP) is 1.45. The van der Waals surface area contributed by atoms with E-state index in [2.05, 4.69) is 15.5 Å². The van der Waals surface area contributed by atoms with Crippen LogP contribution < -0.4 is 16.3 Å². The van der Waals surface area contributed by atoms with Gasteiger partial charge in [0.1, 0.15) is 5.58 Å². The van der Waals surface area contributed by atoms with E-state index >= 15 is 0 Å². The topological polar surface area (TPSA) is 74.6 Å². The first-order valence-corrected chi connectivity index (χ1v) is 7.65. The van der Waals surface area contributed by atoms with E-state index in [1.807, 2.05) is 32.3 Å². The van der Waals surface area contributed by atoms with E-state index in [0.717, 1.165) is 29.7 Å². The number of rotatable bonds is 7. The first-order chi connectivity index (χ1) is 11.0. The molecule has 124 valence electrons. The Labute approximate surface area is 135 Å². The number of carbonyl (C=O) groups excluding carboxylic acids is 1. The molecule has 0 bridgehead atoms. The number of nitrogens with zero attached hydrogens (tertiary/aromatic N) is 1. The van der Waals surface area contributed by atoms with Crippen LogP contribution in [-0.4, -0.2) is 44.5 Å². The summed E-state index contributed by atoms with van der Waals surface area (Å²) in [7, 11) is 4.03. The van der Waals surface area contributed by atoms with E-state index in [0.29, 0.717) is 18.5 Å². The molecule has 0 saturated carbocycles. The third-order valence-electron chi connectivity index (χ3n) is 3.49. The van der Waals surface area contributed by atoms with E-state index in [1.165, 1.54) is 13.0 Å². The van der Waals surface area contributed by atoms with Crippen molar-refractivity contribution in [2.45, 2.75) is 13.3 Å². The van der Waals surface area contributed by atoms with Gasteiger partial charge >= 0.3 is 5.63 Å². The second-order valence-electron chi connectivity index (χ2n) is 5.76. The lowest BCUT2D eigenvalue weighted by Crippen LogP contribution is -2.22. The summed E-state index contributed by atoms with van der Waals surface area (Å²) in [6, 6.07) is 7.25. The lowest BCUT2D eigenvalue weighted by atomic mass is 10.1. The van der Waals surface area contributed by atoms with Crippen LogP contribution >= 0.6 is 0 Å². The van der Waals surface area contributed by atoms with E-state index < -0.39 is 0 Å². The summed E-state index contributed by atoms with van der Waals surface area (Å²) >= 11 is 0. The van der Waals surface area contributed by atoms with Gasteiger partial charge in [0.15, 0.2) is 0 Å². The summed E-state index contributed by atoms with van der Waals surface area (Å²) in [5.41, 5.74) is 1.98. The molecule has 1 aromatic heterocycles. The first-order valence-electron chi connectivity index (χ1n) is 7.65. The highest BCUT2D eigenvalue weighted by Gasteiger charge is 2.07. The number of hydrogen-bond acceptors (Lipinski definition) is 5. The molecule has 0 saturated heterocycles. The minimum atomic E-state index is -0.374. The van der Waals surface area contributed by atoms with Crippen molar-refractivity contribution in [3.63, 3.8) is 0 Å². The van der Waals surface area contributed by atoms with Crippen LogP contribution in [0.2, 0.25) is 0 Å². The molecule has 0 radical (unpaired) electrons. The quantitative estimate of drug-likeness (QED) is 0.756. The molecular weight excluding hydrogens is 294 g/mol. The summed E-state index contributed by atoms with van der Waals surface area (Å²) in [5, 5.41) is 6.94. The molecule has 0 unspecified atom stereocenters. The molecule has 1 heterocycles. The van der Waals surface area contributed by atoms with Gasteiger partial charge in [0.2, 0.25) is 5.91 Å². The average molecular weight is 317 g/mol. The number of hydrogen-bond donors (Lipinski definition) is 2. The number of fused-ring (bicyclic) bond motifs is 1. The Kier molecular flexibility index (Phi) is 5.76. The van der Waals surface area contributed by atoms with Gasteiger partial charge in [-0.3, -0.25) is 4.79 Å². The van der Waals surface area contributed by atoms with Gasteiger partial charge in [-0.15, -0.1) is 0 Å². The van der Waals surface area contributed by atoms with Crippen LogP contribution in [0.1, 0.15) is 12.5 Å². The summed E-state index contributed by atoms with van der Waals surface area (Å²) in [5.74, 6) is -0.0790. The maximum absolute atomic E-state index is 11.7. The zero-order chi connectivity index (χ0) is 16.8. The first kappa shape index (κ1) is 17.0. The molecule has 1 amide bonds.